The molecule has 28 heavy (non-hydrogen) atoms. The maximum atomic E-state index is 12.8. The molecule has 1 aliphatic rings. The van der Waals surface area contributed by atoms with Gasteiger partial charge in [-0.25, -0.2) is 0 Å². The molecule has 1 aromatic carbocycles. The smallest absolute Gasteiger partial charge is 0.272 e. The third-order valence-corrected chi connectivity index (χ3v) is 4.85. The molecule has 0 unspecified atom stereocenters. The van der Waals surface area contributed by atoms with Crippen molar-refractivity contribution in [1.29, 1.82) is 0 Å². The molecule has 0 bridgehead atoms. The van der Waals surface area contributed by atoms with E-state index < -0.39 is 0 Å². The summed E-state index contributed by atoms with van der Waals surface area (Å²) in [6.07, 6.45) is 1.64. The maximum absolute atomic E-state index is 12.8. The quantitative estimate of drug-likeness (QED) is 0.667. The summed E-state index contributed by atoms with van der Waals surface area (Å²) in [6.45, 7) is 2.08. The molecule has 0 atom stereocenters. The highest BCUT2D eigenvalue weighted by atomic mass is 16.5. The van der Waals surface area contributed by atoms with Crippen molar-refractivity contribution in [3.05, 3.63) is 46.8 Å². The minimum absolute atomic E-state index is 0.00260. The molecule has 1 aromatic heterocycles. The van der Waals surface area contributed by atoms with E-state index in [2.05, 4.69) is 15.5 Å². The van der Waals surface area contributed by atoms with Gasteiger partial charge in [0.1, 0.15) is 5.75 Å². The fraction of sp³-hybridized carbons (Fsp3) is 0.450. The number of nitrogens with one attached hydrogen (secondary N) is 2. The van der Waals surface area contributed by atoms with Crippen LogP contribution in [0.4, 0.5) is 0 Å². The van der Waals surface area contributed by atoms with Crippen LogP contribution in [0.2, 0.25) is 0 Å². The highest BCUT2D eigenvalue weighted by Gasteiger charge is 2.28. The molecule has 0 saturated heterocycles. The SMILES string of the molecule is COCCCNC(=O)c1n[nH]c2c1CN(C(=O)Cc1ccccc1OC)CC2. The van der Waals surface area contributed by atoms with Gasteiger partial charge in [0.25, 0.3) is 5.91 Å². The Bertz CT molecular complexity index is 833. The Balaban J connectivity index is 1.65. The van der Waals surface area contributed by atoms with Gasteiger partial charge in [0.2, 0.25) is 5.91 Å². The first-order valence-corrected chi connectivity index (χ1v) is 9.37. The molecule has 0 saturated carbocycles. The van der Waals surface area contributed by atoms with Gasteiger partial charge in [0.15, 0.2) is 5.69 Å². The first kappa shape index (κ1) is 19.9. The zero-order valence-corrected chi connectivity index (χ0v) is 16.3. The lowest BCUT2D eigenvalue weighted by Crippen LogP contribution is -2.38. The third-order valence-electron chi connectivity index (χ3n) is 4.85. The maximum Gasteiger partial charge on any atom is 0.272 e. The summed E-state index contributed by atoms with van der Waals surface area (Å²) in [5.74, 6) is 0.475. The summed E-state index contributed by atoms with van der Waals surface area (Å²) < 4.78 is 10.3. The predicted octanol–water partition coefficient (Wildman–Crippen LogP) is 1.31. The molecule has 0 radical (unpaired) electrons. The van der Waals surface area contributed by atoms with Crippen LogP contribution in [0.3, 0.4) is 0 Å². The standard InChI is InChI=1S/C20H26N4O4/c1-27-11-5-9-21-20(26)19-15-13-24(10-8-16(15)22-23-19)18(25)12-14-6-3-4-7-17(14)28-2/h3-4,6-7H,5,8-13H2,1-2H3,(H,21,26)(H,22,23). The van der Waals surface area contributed by atoms with Crippen molar-refractivity contribution in [1.82, 2.24) is 20.4 Å². The molecular weight excluding hydrogens is 360 g/mol. The van der Waals surface area contributed by atoms with Crippen molar-refractivity contribution in [2.24, 2.45) is 0 Å². The van der Waals surface area contributed by atoms with Crippen molar-refractivity contribution in [2.75, 3.05) is 33.9 Å². The summed E-state index contributed by atoms with van der Waals surface area (Å²) >= 11 is 0. The average molecular weight is 386 g/mol. The van der Waals surface area contributed by atoms with Crippen LogP contribution < -0.4 is 10.1 Å². The van der Waals surface area contributed by atoms with Crippen molar-refractivity contribution in [2.45, 2.75) is 25.8 Å². The number of carbonyl (C=O) groups is 2. The van der Waals surface area contributed by atoms with Crippen LogP contribution in [0.15, 0.2) is 24.3 Å². The first-order valence-electron chi connectivity index (χ1n) is 9.37. The van der Waals surface area contributed by atoms with Crippen molar-refractivity contribution >= 4 is 11.8 Å². The van der Waals surface area contributed by atoms with Gasteiger partial charge in [-0.1, -0.05) is 18.2 Å². The van der Waals surface area contributed by atoms with Crippen molar-refractivity contribution in [3.63, 3.8) is 0 Å². The van der Waals surface area contributed by atoms with Gasteiger partial charge in [-0.05, 0) is 12.5 Å². The summed E-state index contributed by atoms with van der Waals surface area (Å²) in [5, 5.41) is 9.97. The normalized spacial score (nSPS) is 13.1. The molecular formula is C20H26N4O4. The number of methoxy groups -OCH3 is 2. The molecule has 2 aromatic rings. The average Bonchev–Trinajstić information content (AvgIpc) is 3.14. The van der Waals surface area contributed by atoms with Crippen LogP contribution in [-0.2, 0) is 28.9 Å². The van der Waals surface area contributed by atoms with Gasteiger partial charge in [0, 0.05) is 56.6 Å². The van der Waals surface area contributed by atoms with Crippen molar-refractivity contribution < 1.29 is 19.1 Å². The number of ether oxygens (including phenoxy) is 2. The minimum atomic E-state index is -0.229. The molecule has 2 heterocycles. The van der Waals surface area contributed by atoms with Gasteiger partial charge < -0.3 is 19.7 Å². The number of aromatic nitrogens is 2. The molecule has 2 amide bonds. The molecule has 8 nitrogen and oxygen atoms in total. The number of aromatic amines is 1. The molecule has 3 rings (SSSR count). The van der Waals surface area contributed by atoms with E-state index in [0.29, 0.717) is 44.1 Å². The summed E-state index contributed by atoms with van der Waals surface area (Å²) in [4.78, 5) is 27.0. The number of hydrogen-bond acceptors (Lipinski definition) is 5. The highest BCUT2D eigenvalue weighted by Crippen LogP contribution is 2.23. The molecule has 0 fully saturated rings. The fourth-order valence-electron chi connectivity index (χ4n) is 3.32. The number of hydrogen-bond donors (Lipinski definition) is 2. The molecule has 0 spiro atoms. The number of H-pyrrole nitrogens is 1. The van der Waals surface area contributed by atoms with E-state index >= 15 is 0 Å². The number of benzene rings is 1. The van der Waals surface area contributed by atoms with Crippen LogP contribution in [-0.4, -0.2) is 60.8 Å². The zero-order valence-electron chi connectivity index (χ0n) is 16.3. The van der Waals surface area contributed by atoms with E-state index in [-0.39, 0.29) is 18.2 Å². The number of para-hydroxylation sites is 1. The van der Waals surface area contributed by atoms with Gasteiger partial charge >= 0.3 is 0 Å². The van der Waals surface area contributed by atoms with E-state index in [1.54, 1.807) is 19.1 Å². The molecule has 0 aliphatic carbocycles. The Morgan fingerprint density at radius 3 is 2.89 bits per heavy atom. The Labute approximate surface area is 164 Å². The van der Waals surface area contributed by atoms with Gasteiger partial charge in [-0.3, -0.25) is 14.7 Å². The number of amides is 2. The predicted molar refractivity (Wildman–Crippen MR) is 103 cm³/mol. The van der Waals surface area contributed by atoms with Crippen LogP contribution in [0.5, 0.6) is 5.75 Å². The molecule has 1 aliphatic heterocycles. The van der Waals surface area contributed by atoms with E-state index in [1.807, 2.05) is 24.3 Å². The first-order chi connectivity index (χ1) is 13.6. The molecule has 8 heteroatoms. The minimum Gasteiger partial charge on any atom is -0.496 e. The van der Waals surface area contributed by atoms with Crippen LogP contribution in [0.1, 0.15) is 33.7 Å². The van der Waals surface area contributed by atoms with E-state index in [0.717, 1.165) is 23.2 Å². The number of carbonyl (C=O) groups excluding carboxylic acids is 2. The van der Waals surface area contributed by atoms with Crippen LogP contribution in [0.25, 0.3) is 0 Å². The lowest BCUT2D eigenvalue weighted by Gasteiger charge is -2.27. The van der Waals surface area contributed by atoms with Gasteiger partial charge in [0.05, 0.1) is 13.5 Å². The van der Waals surface area contributed by atoms with E-state index in [1.165, 1.54) is 0 Å². The monoisotopic (exact) mass is 386 g/mol. The van der Waals surface area contributed by atoms with E-state index in [9.17, 15) is 9.59 Å². The van der Waals surface area contributed by atoms with Crippen molar-refractivity contribution in [3.8, 4) is 5.75 Å². The lowest BCUT2D eigenvalue weighted by atomic mass is 10.0. The Hall–Kier alpha value is -2.87. The number of nitrogens with zero attached hydrogens (tertiary/aromatic N) is 2. The van der Waals surface area contributed by atoms with Crippen LogP contribution in [0, 0.1) is 0 Å². The Morgan fingerprint density at radius 2 is 2.11 bits per heavy atom. The zero-order chi connectivity index (χ0) is 19.9. The van der Waals surface area contributed by atoms with Gasteiger partial charge in [-0.15, -0.1) is 0 Å². The van der Waals surface area contributed by atoms with Gasteiger partial charge in [-0.2, -0.15) is 5.10 Å². The molecule has 2 N–H and O–H groups in total. The Kier molecular flexibility index (Phi) is 6.65. The fourth-order valence-corrected chi connectivity index (χ4v) is 3.32. The second-order valence-electron chi connectivity index (χ2n) is 6.69. The summed E-state index contributed by atoms with van der Waals surface area (Å²) in [5.41, 5.74) is 2.93. The van der Waals surface area contributed by atoms with Crippen LogP contribution >= 0.6 is 0 Å². The number of rotatable bonds is 8. The second kappa shape index (κ2) is 9.36. The lowest BCUT2D eigenvalue weighted by molar-refractivity contribution is -0.131. The summed E-state index contributed by atoms with van der Waals surface area (Å²) in [7, 11) is 3.22. The summed E-state index contributed by atoms with van der Waals surface area (Å²) in [6, 6.07) is 7.51. The largest absolute Gasteiger partial charge is 0.496 e. The topological polar surface area (TPSA) is 96.5 Å². The van der Waals surface area contributed by atoms with E-state index in [4.69, 9.17) is 9.47 Å². The highest BCUT2D eigenvalue weighted by molar-refractivity contribution is 5.94. The Morgan fingerprint density at radius 1 is 1.29 bits per heavy atom. The second-order valence-corrected chi connectivity index (χ2v) is 6.69. The number of fused-ring (bicyclic) bond motifs is 1. The third kappa shape index (κ3) is 4.51. The molecule has 150 valence electrons.